The summed E-state index contributed by atoms with van der Waals surface area (Å²) in [5.41, 5.74) is 2.29. The van der Waals surface area contributed by atoms with Crippen LogP contribution in [-0.2, 0) is 23.0 Å². The van der Waals surface area contributed by atoms with Crippen molar-refractivity contribution in [3.8, 4) is 0 Å². The van der Waals surface area contributed by atoms with Crippen molar-refractivity contribution in [1.82, 2.24) is 9.21 Å². The molecule has 3 aromatic rings. The number of benzene rings is 2. The zero-order valence-electron chi connectivity index (χ0n) is 16.4. The van der Waals surface area contributed by atoms with Crippen molar-refractivity contribution in [3.05, 3.63) is 76.1 Å². The normalized spacial score (nSPS) is 16.3. The third kappa shape index (κ3) is 4.12. The lowest BCUT2D eigenvalue weighted by Gasteiger charge is -2.34. The van der Waals surface area contributed by atoms with Crippen LogP contribution in [-0.4, -0.2) is 43.8 Å². The maximum absolute atomic E-state index is 12.8. The summed E-state index contributed by atoms with van der Waals surface area (Å²) >= 11 is 0. The molecule has 0 unspecified atom stereocenters. The highest BCUT2D eigenvalue weighted by atomic mass is 32.2. The summed E-state index contributed by atoms with van der Waals surface area (Å²) in [6.07, 6.45) is 0.877. The molecule has 0 spiro atoms. The van der Waals surface area contributed by atoms with Crippen molar-refractivity contribution in [2.75, 3.05) is 26.2 Å². The summed E-state index contributed by atoms with van der Waals surface area (Å²) in [5, 5.41) is 0.932. The minimum atomic E-state index is -3.47. The molecule has 1 aliphatic rings. The molecule has 6 nitrogen and oxygen atoms in total. The number of piperazine rings is 1. The largest absolute Gasteiger partial charge is 0.423 e. The fourth-order valence-corrected chi connectivity index (χ4v) is 5.18. The summed E-state index contributed by atoms with van der Waals surface area (Å²) < 4.78 is 32.5. The first kappa shape index (κ1) is 19.8. The van der Waals surface area contributed by atoms with E-state index in [1.165, 1.54) is 4.31 Å². The predicted octanol–water partition coefficient (Wildman–Crippen LogP) is 2.86. The van der Waals surface area contributed by atoms with Crippen molar-refractivity contribution < 1.29 is 12.8 Å². The van der Waals surface area contributed by atoms with Gasteiger partial charge in [0.2, 0.25) is 10.0 Å². The Hall–Kier alpha value is -2.48. The van der Waals surface area contributed by atoms with Crippen LogP contribution in [0.5, 0.6) is 0 Å². The molecule has 0 bridgehead atoms. The minimum absolute atomic E-state index is 0.326. The molecular weight excluding hydrogens is 388 g/mol. The van der Waals surface area contributed by atoms with Gasteiger partial charge in [-0.3, -0.25) is 4.90 Å². The Kier molecular flexibility index (Phi) is 5.54. The van der Waals surface area contributed by atoms with Gasteiger partial charge in [-0.2, -0.15) is 4.31 Å². The highest BCUT2D eigenvalue weighted by molar-refractivity contribution is 7.89. The molecule has 1 aliphatic heterocycles. The van der Waals surface area contributed by atoms with Gasteiger partial charge in [0.05, 0.1) is 4.90 Å². The van der Waals surface area contributed by atoms with Gasteiger partial charge in [-0.15, -0.1) is 0 Å². The van der Waals surface area contributed by atoms with E-state index in [4.69, 9.17) is 4.42 Å². The Morgan fingerprint density at radius 3 is 2.38 bits per heavy atom. The van der Waals surface area contributed by atoms with Crippen LogP contribution in [0.15, 0.2) is 68.7 Å². The van der Waals surface area contributed by atoms with Gasteiger partial charge in [-0.25, -0.2) is 13.2 Å². The van der Waals surface area contributed by atoms with Gasteiger partial charge in [0.1, 0.15) is 5.58 Å². The fraction of sp³-hybridized carbons (Fsp3) is 0.318. The lowest BCUT2D eigenvalue weighted by molar-refractivity contribution is 0.182. The number of hydrogen-bond donors (Lipinski definition) is 0. The van der Waals surface area contributed by atoms with Crippen LogP contribution in [0.4, 0.5) is 0 Å². The van der Waals surface area contributed by atoms with Crippen LogP contribution in [0.1, 0.15) is 18.1 Å². The fourth-order valence-electron chi connectivity index (χ4n) is 3.74. The van der Waals surface area contributed by atoms with Crippen LogP contribution < -0.4 is 5.63 Å². The van der Waals surface area contributed by atoms with E-state index in [9.17, 15) is 13.2 Å². The molecule has 1 fully saturated rings. The number of hydrogen-bond acceptors (Lipinski definition) is 5. The summed E-state index contributed by atoms with van der Waals surface area (Å²) in [6, 6.07) is 16.0. The summed E-state index contributed by atoms with van der Waals surface area (Å²) in [5.74, 6) is 0. The number of fused-ring (bicyclic) bond motifs is 1. The van der Waals surface area contributed by atoms with Crippen molar-refractivity contribution >= 4 is 21.0 Å². The maximum Gasteiger partial charge on any atom is 0.336 e. The van der Waals surface area contributed by atoms with Gasteiger partial charge in [0.15, 0.2) is 0 Å². The minimum Gasteiger partial charge on any atom is -0.423 e. The molecule has 0 N–H and O–H groups in total. The molecule has 1 saturated heterocycles. The first-order chi connectivity index (χ1) is 14.0. The Morgan fingerprint density at radius 1 is 0.966 bits per heavy atom. The maximum atomic E-state index is 12.8. The van der Waals surface area contributed by atoms with Crippen LogP contribution >= 0.6 is 0 Å². The summed E-state index contributed by atoms with van der Waals surface area (Å²) in [4.78, 5) is 14.5. The summed E-state index contributed by atoms with van der Waals surface area (Å²) in [6.45, 7) is 4.73. The van der Waals surface area contributed by atoms with Crippen LogP contribution in [0, 0.1) is 0 Å². The number of aryl methyl sites for hydroxylation is 1. The molecule has 2 heterocycles. The molecule has 29 heavy (non-hydrogen) atoms. The molecule has 152 valence electrons. The van der Waals surface area contributed by atoms with Gasteiger partial charge in [0, 0.05) is 44.2 Å². The second kappa shape index (κ2) is 8.10. The van der Waals surface area contributed by atoms with E-state index in [1.807, 2.05) is 12.1 Å². The van der Waals surface area contributed by atoms with E-state index in [0.29, 0.717) is 43.2 Å². The highest BCUT2D eigenvalue weighted by Crippen LogP contribution is 2.22. The molecule has 4 rings (SSSR count). The van der Waals surface area contributed by atoms with E-state index < -0.39 is 10.0 Å². The third-order valence-electron chi connectivity index (χ3n) is 5.41. The van der Waals surface area contributed by atoms with Crippen molar-refractivity contribution in [3.63, 3.8) is 0 Å². The van der Waals surface area contributed by atoms with E-state index in [-0.39, 0.29) is 5.63 Å². The van der Waals surface area contributed by atoms with E-state index >= 15 is 0 Å². The lowest BCUT2D eigenvalue weighted by Crippen LogP contribution is -2.48. The van der Waals surface area contributed by atoms with Gasteiger partial charge < -0.3 is 4.42 Å². The Labute approximate surface area is 170 Å². The average Bonchev–Trinajstić information content (AvgIpc) is 2.74. The monoisotopic (exact) mass is 412 g/mol. The Balaban J connectivity index is 1.50. The number of nitrogens with zero attached hydrogens (tertiary/aromatic N) is 2. The van der Waals surface area contributed by atoms with E-state index in [1.54, 1.807) is 36.4 Å². The molecule has 1 aromatic heterocycles. The SMILES string of the molecule is CCc1ccc2c(CN3CCN(S(=O)(=O)c4ccccc4)CC3)cc(=O)oc2c1. The summed E-state index contributed by atoms with van der Waals surface area (Å²) in [7, 11) is -3.47. The quantitative estimate of drug-likeness (QED) is 0.603. The van der Waals surface area contributed by atoms with Gasteiger partial charge in [0.25, 0.3) is 0 Å². The predicted molar refractivity (Wildman–Crippen MR) is 112 cm³/mol. The molecular formula is C22H24N2O4S. The first-order valence-corrected chi connectivity index (χ1v) is 11.2. The lowest BCUT2D eigenvalue weighted by atomic mass is 10.1. The smallest absolute Gasteiger partial charge is 0.336 e. The number of sulfonamides is 1. The molecule has 0 amide bonds. The first-order valence-electron chi connectivity index (χ1n) is 9.80. The molecule has 0 atom stereocenters. The zero-order valence-corrected chi connectivity index (χ0v) is 17.2. The molecule has 7 heteroatoms. The average molecular weight is 413 g/mol. The highest BCUT2D eigenvalue weighted by Gasteiger charge is 2.28. The van der Waals surface area contributed by atoms with Gasteiger partial charge >= 0.3 is 5.63 Å². The van der Waals surface area contributed by atoms with Crippen LogP contribution in [0.3, 0.4) is 0 Å². The van der Waals surface area contributed by atoms with Crippen LogP contribution in [0.25, 0.3) is 11.0 Å². The number of rotatable bonds is 5. The molecule has 0 aliphatic carbocycles. The Bertz CT molecular complexity index is 1160. The molecule has 2 aromatic carbocycles. The van der Waals surface area contributed by atoms with Crippen molar-refractivity contribution in [1.29, 1.82) is 0 Å². The van der Waals surface area contributed by atoms with Crippen LogP contribution in [0.2, 0.25) is 0 Å². The third-order valence-corrected chi connectivity index (χ3v) is 7.32. The molecule has 0 radical (unpaired) electrons. The van der Waals surface area contributed by atoms with E-state index in [0.717, 1.165) is 22.9 Å². The van der Waals surface area contributed by atoms with Gasteiger partial charge in [-0.1, -0.05) is 37.3 Å². The van der Waals surface area contributed by atoms with Gasteiger partial charge in [-0.05, 0) is 35.7 Å². The second-order valence-electron chi connectivity index (χ2n) is 7.27. The molecule has 0 saturated carbocycles. The zero-order chi connectivity index (χ0) is 20.4. The standard InChI is InChI=1S/C22H24N2O4S/c1-2-17-8-9-20-18(15-22(25)28-21(20)14-17)16-23-10-12-24(13-11-23)29(26,27)19-6-4-3-5-7-19/h3-9,14-15H,2,10-13,16H2,1H3. The van der Waals surface area contributed by atoms with Crippen molar-refractivity contribution in [2.45, 2.75) is 24.8 Å². The van der Waals surface area contributed by atoms with Crippen molar-refractivity contribution in [2.24, 2.45) is 0 Å². The Morgan fingerprint density at radius 2 is 1.69 bits per heavy atom. The topological polar surface area (TPSA) is 70.8 Å². The second-order valence-corrected chi connectivity index (χ2v) is 9.21. The van der Waals surface area contributed by atoms with E-state index in [2.05, 4.69) is 17.9 Å².